The fourth-order valence-corrected chi connectivity index (χ4v) is 0.970. The zero-order valence-electron chi connectivity index (χ0n) is 13.0. The number of hydrogen-bond donors (Lipinski definition) is 1. The first-order valence-corrected chi connectivity index (χ1v) is 6.33. The molecule has 1 rings (SSSR count). The van der Waals surface area contributed by atoms with Crippen molar-refractivity contribution in [3.05, 3.63) is 17.8 Å². The molecule has 0 aliphatic rings. The molecule has 0 aliphatic heterocycles. The SMILES string of the molecule is CC.CC(=O)OCc1cn[nH]n1.CCC[C-](C)C.[Y]. The Morgan fingerprint density at radius 2 is 2.00 bits per heavy atom. The Morgan fingerprint density at radius 3 is 2.26 bits per heavy atom. The van der Waals surface area contributed by atoms with E-state index in [4.69, 9.17) is 0 Å². The first-order chi connectivity index (χ1) is 8.56. The van der Waals surface area contributed by atoms with E-state index in [2.05, 4.69) is 40.9 Å². The van der Waals surface area contributed by atoms with Crippen molar-refractivity contribution in [1.82, 2.24) is 15.4 Å². The minimum Gasteiger partial charge on any atom is -0.459 e. The predicted molar refractivity (Wildman–Crippen MR) is 72.7 cm³/mol. The van der Waals surface area contributed by atoms with Crippen LogP contribution in [0.25, 0.3) is 0 Å². The third-order valence-electron chi connectivity index (χ3n) is 1.64. The molecular formula is C13H26N3O2Y-. The van der Waals surface area contributed by atoms with E-state index < -0.39 is 0 Å². The molecule has 0 amide bonds. The summed E-state index contributed by atoms with van der Waals surface area (Å²) in [5.41, 5.74) is 0.621. The third kappa shape index (κ3) is 20.2. The van der Waals surface area contributed by atoms with Crippen molar-refractivity contribution < 1.29 is 42.2 Å². The summed E-state index contributed by atoms with van der Waals surface area (Å²) in [6, 6.07) is 0. The molecule has 1 aromatic heterocycles. The number of nitrogens with zero attached hydrogens (tertiary/aromatic N) is 2. The predicted octanol–water partition coefficient (Wildman–Crippen LogP) is 3.29. The van der Waals surface area contributed by atoms with E-state index in [0.29, 0.717) is 5.69 Å². The third-order valence-corrected chi connectivity index (χ3v) is 1.64. The molecule has 1 N–H and O–H groups in total. The molecule has 109 valence electrons. The fraction of sp³-hybridized carbons (Fsp3) is 0.692. The van der Waals surface area contributed by atoms with E-state index >= 15 is 0 Å². The van der Waals surface area contributed by atoms with Crippen molar-refractivity contribution in [3.63, 3.8) is 0 Å². The van der Waals surface area contributed by atoms with Crippen LogP contribution in [0, 0.1) is 5.92 Å². The van der Waals surface area contributed by atoms with Gasteiger partial charge in [0.2, 0.25) is 0 Å². The Hall–Kier alpha value is -0.286. The molecule has 0 spiro atoms. The van der Waals surface area contributed by atoms with Gasteiger partial charge in [0, 0.05) is 39.6 Å². The van der Waals surface area contributed by atoms with Crippen LogP contribution in [0.1, 0.15) is 60.1 Å². The van der Waals surface area contributed by atoms with Crippen LogP contribution in [0.4, 0.5) is 0 Å². The number of rotatable bonds is 4. The van der Waals surface area contributed by atoms with Gasteiger partial charge in [-0.15, -0.1) is 0 Å². The molecule has 0 saturated carbocycles. The number of aromatic amines is 1. The van der Waals surface area contributed by atoms with Gasteiger partial charge in [0.15, 0.2) is 0 Å². The first kappa shape index (κ1) is 23.8. The van der Waals surface area contributed by atoms with Crippen LogP contribution >= 0.6 is 0 Å². The smallest absolute Gasteiger partial charge is 0.303 e. The molecule has 0 saturated heterocycles. The van der Waals surface area contributed by atoms with Gasteiger partial charge >= 0.3 is 5.97 Å². The van der Waals surface area contributed by atoms with Crippen molar-refractivity contribution in [3.8, 4) is 0 Å². The van der Waals surface area contributed by atoms with Gasteiger partial charge in [-0.2, -0.15) is 35.7 Å². The number of carbonyl (C=O) groups is 1. The maximum atomic E-state index is 10.3. The quantitative estimate of drug-likeness (QED) is 0.672. The minimum absolute atomic E-state index is 0. The number of aromatic nitrogens is 3. The van der Waals surface area contributed by atoms with Gasteiger partial charge in [-0.1, -0.05) is 27.2 Å². The summed E-state index contributed by atoms with van der Waals surface area (Å²) in [7, 11) is 0. The van der Waals surface area contributed by atoms with E-state index in [1.165, 1.54) is 31.9 Å². The van der Waals surface area contributed by atoms with Crippen LogP contribution in [0.2, 0.25) is 0 Å². The number of H-pyrrole nitrogens is 1. The van der Waals surface area contributed by atoms with Crippen LogP contribution < -0.4 is 0 Å². The van der Waals surface area contributed by atoms with Gasteiger partial charge in [-0.05, 0) is 0 Å². The Labute approximate surface area is 142 Å². The molecule has 19 heavy (non-hydrogen) atoms. The Kier molecular flexibility index (Phi) is 22.2. The van der Waals surface area contributed by atoms with Gasteiger partial charge in [-0.3, -0.25) is 4.79 Å². The second kappa shape index (κ2) is 17.7. The topological polar surface area (TPSA) is 67.9 Å². The second-order valence-electron chi connectivity index (χ2n) is 3.70. The van der Waals surface area contributed by atoms with Crippen molar-refractivity contribution in [2.75, 3.05) is 0 Å². The van der Waals surface area contributed by atoms with Crippen molar-refractivity contribution >= 4 is 5.97 Å². The fourth-order valence-electron chi connectivity index (χ4n) is 0.970. The number of ether oxygens (including phenoxy) is 1. The maximum Gasteiger partial charge on any atom is 0.303 e. The summed E-state index contributed by atoms with van der Waals surface area (Å²) in [6.45, 7) is 12.1. The van der Waals surface area contributed by atoms with Crippen molar-refractivity contribution in [2.24, 2.45) is 0 Å². The first-order valence-electron chi connectivity index (χ1n) is 6.33. The molecule has 0 atom stereocenters. The molecular weight excluding hydrogens is 319 g/mol. The van der Waals surface area contributed by atoms with Crippen LogP contribution in [0.5, 0.6) is 0 Å². The minimum atomic E-state index is -0.317. The normalized spacial score (nSPS) is 8.37. The number of esters is 1. The number of nitrogens with one attached hydrogen (secondary N) is 1. The van der Waals surface area contributed by atoms with E-state index in [1.54, 1.807) is 0 Å². The zero-order valence-corrected chi connectivity index (χ0v) is 15.8. The van der Waals surface area contributed by atoms with E-state index in [-0.39, 0.29) is 45.3 Å². The molecule has 1 aromatic rings. The molecule has 6 heteroatoms. The summed E-state index contributed by atoms with van der Waals surface area (Å²) < 4.78 is 4.62. The van der Waals surface area contributed by atoms with Gasteiger partial charge in [-0.25, -0.2) is 0 Å². The Morgan fingerprint density at radius 1 is 1.42 bits per heavy atom. The zero-order chi connectivity index (χ0) is 14.4. The van der Waals surface area contributed by atoms with E-state index in [0.717, 1.165) is 0 Å². The Balaban J connectivity index is -0.000000249. The van der Waals surface area contributed by atoms with Gasteiger partial charge in [0.1, 0.15) is 12.3 Å². The summed E-state index contributed by atoms with van der Waals surface area (Å²) in [5.74, 6) is 1.22. The monoisotopic (exact) mass is 345 g/mol. The summed E-state index contributed by atoms with van der Waals surface area (Å²) in [5, 5.41) is 9.61. The molecule has 0 aromatic carbocycles. The molecule has 0 unspecified atom stereocenters. The molecule has 0 bridgehead atoms. The van der Waals surface area contributed by atoms with Crippen LogP contribution in [-0.2, 0) is 48.8 Å². The van der Waals surface area contributed by atoms with Gasteiger partial charge in [0.25, 0.3) is 0 Å². The summed E-state index contributed by atoms with van der Waals surface area (Å²) >= 11 is 0. The largest absolute Gasteiger partial charge is 0.459 e. The van der Waals surface area contributed by atoms with Crippen LogP contribution in [0.3, 0.4) is 0 Å². The van der Waals surface area contributed by atoms with Crippen LogP contribution in [-0.4, -0.2) is 21.4 Å². The maximum absolute atomic E-state index is 10.3. The Bertz CT molecular complexity index is 277. The van der Waals surface area contributed by atoms with E-state index in [9.17, 15) is 4.79 Å². The molecule has 5 nitrogen and oxygen atoms in total. The average molecular weight is 345 g/mol. The molecule has 0 aliphatic carbocycles. The summed E-state index contributed by atoms with van der Waals surface area (Å²) in [6.07, 6.45) is 4.09. The molecule has 0 fully saturated rings. The average Bonchev–Trinajstić information content (AvgIpc) is 2.82. The second-order valence-corrected chi connectivity index (χ2v) is 3.70. The molecule has 1 heterocycles. The standard InChI is InChI=1S/C6H13.C5H7N3O2.C2H6.Y/c1-4-5-6(2)3;1-4(9)10-3-5-2-6-8-7-5;1-2;/h4-5H2,1-3H3;2H,3H2,1H3,(H,6,7,8);1-2H3;/q-1;;;. The van der Waals surface area contributed by atoms with E-state index in [1.807, 2.05) is 13.8 Å². The number of hydrogen-bond acceptors (Lipinski definition) is 4. The summed E-state index contributed by atoms with van der Waals surface area (Å²) in [4.78, 5) is 10.3. The van der Waals surface area contributed by atoms with Gasteiger partial charge in [0.05, 0.1) is 6.20 Å². The van der Waals surface area contributed by atoms with Crippen molar-refractivity contribution in [1.29, 1.82) is 0 Å². The van der Waals surface area contributed by atoms with Crippen molar-refractivity contribution in [2.45, 2.75) is 61.0 Å². The molecule has 1 radical (unpaired) electrons. The van der Waals surface area contributed by atoms with Gasteiger partial charge < -0.3 is 10.7 Å². The van der Waals surface area contributed by atoms with Crippen LogP contribution in [0.15, 0.2) is 6.20 Å². The number of carbonyl (C=O) groups excluding carboxylic acids is 1.